The molecule has 0 aromatic carbocycles. The van der Waals surface area contributed by atoms with Gasteiger partial charge in [0.05, 0.1) is 0 Å². The molecule has 3 rings (SSSR count). The van der Waals surface area contributed by atoms with Gasteiger partial charge in [0.1, 0.15) is 0 Å². The van der Waals surface area contributed by atoms with Crippen molar-refractivity contribution in [3.8, 4) is 0 Å². The molecule has 3 aliphatic rings. The summed E-state index contributed by atoms with van der Waals surface area (Å²) in [5.74, 6) is 1.71. The van der Waals surface area contributed by atoms with E-state index in [1.165, 1.54) is 58.5 Å². The first-order chi connectivity index (χ1) is 11.1. The zero-order chi connectivity index (χ0) is 16.2. The van der Waals surface area contributed by atoms with Crippen molar-refractivity contribution in [2.75, 3.05) is 59.4 Å². The molecule has 5 heteroatoms. The van der Waals surface area contributed by atoms with Crippen molar-refractivity contribution >= 4 is 5.91 Å². The monoisotopic (exact) mass is 322 g/mol. The number of hydrogen-bond acceptors (Lipinski definition) is 4. The maximum absolute atomic E-state index is 11.3. The van der Waals surface area contributed by atoms with Crippen molar-refractivity contribution in [3.05, 3.63) is 0 Å². The van der Waals surface area contributed by atoms with E-state index in [2.05, 4.69) is 21.7 Å². The first-order valence-electron chi connectivity index (χ1n) is 9.52. The fourth-order valence-electron chi connectivity index (χ4n) is 4.78. The third-order valence-corrected chi connectivity index (χ3v) is 6.11. The highest BCUT2D eigenvalue weighted by Crippen LogP contribution is 2.24. The largest absolute Gasteiger partial charge is 0.369 e. The smallest absolute Gasteiger partial charge is 0.220 e. The number of carbonyl (C=O) groups excluding carboxylic acids is 1. The molecule has 0 aromatic rings. The standard InChI is InChI=1S/C18H34N4O/c1-20-7-2-3-15(11-20)13-22-8-4-16(14-22)12-21-9-5-17(6-10-21)18(19)23/h15-17H,2-14H2,1H3,(H2,19,23)/t15-,16+/m1/s1. The summed E-state index contributed by atoms with van der Waals surface area (Å²) in [6, 6.07) is 0. The van der Waals surface area contributed by atoms with Crippen LogP contribution in [0.15, 0.2) is 0 Å². The molecule has 0 bridgehead atoms. The Morgan fingerprint density at radius 2 is 1.57 bits per heavy atom. The number of nitrogens with zero attached hydrogens (tertiary/aromatic N) is 3. The number of hydrogen-bond donors (Lipinski definition) is 1. The summed E-state index contributed by atoms with van der Waals surface area (Å²) in [7, 11) is 2.26. The zero-order valence-corrected chi connectivity index (χ0v) is 14.8. The molecule has 0 radical (unpaired) electrons. The van der Waals surface area contributed by atoms with Crippen LogP contribution >= 0.6 is 0 Å². The minimum atomic E-state index is -0.103. The summed E-state index contributed by atoms with van der Waals surface area (Å²) in [6.07, 6.45) is 6.04. The van der Waals surface area contributed by atoms with E-state index in [1.807, 2.05) is 0 Å². The first-order valence-corrected chi connectivity index (χ1v) is 9.52. The Kier molecular flexibility index (Phi) is 5.94. The average molecular weight is 322 g/mol. The summed E-state index contributed by atoms with van der Waals surface area (Å²) in [4.78, 5) is 19.0. The number of primary amides is 1. The average Bonchev–Trinajstić information content (AvgIpc) is 2.95. The van der Waals surface area contributed by atoms with Gasteiger partial charge in [0, 0.05) is 32.1 Å². The van der Waals surface area contributed by atoms with Crippen LogP contribution in [-0.2, 0) is 4.79 Å². The van der Waals surface area contributed by atoms with Crippen LogP contribution < -0.4 is 5.73 Å². The fraction of sp³-hybridized carbons (Fsp3) is 0.944. The van der Waals surface area contributed by atoms with Crippen LogP contribution in [0.2, 0.25) is 0 Å². The molecular formula is C18H34N4O. The molecule has 132 valence electrons. The minimum Gasteiger partial charge on any atom is -0.369 e. The Morgan fingerprint density at radius 3 is 2.26 bits per heavy atom. The van der Waals surface area contributed by atoms with Gasteiger partial charge in [-0.05, 0) is 77.2 Å². The Morgan fingerprint density at radius 1 is 0.913 bits per heavy atom. The molecule has 3 fully saturated rings. The summed E-state index contributed by atoms with van der Waals surface area (Å²) in [5, 5.41) is 0. The van der Waals surface area contributed by atoms with Crippen molar-refractivity contribution in [1.29, 1.82) is 0 Å². The highest BCUT2D eigenvalue weighted by atomic mass is 16.1. The van der Waals surface area contributed by atoms with Crippen molar-refractivity contribution in [3.63, 3.8) is 0 Å². The second-order valence-corrected chi connectivity index (χ2v) is 8.16. The maximum Gasteiger partial charge on any atom is 0.220 e. The molecule has 1 amide bonds. The van der Waals surface area contributed by atoms with E-state index in [4.69, 9.17) is 5.73 Å². The molecule has 3 aliphatic heterocycles. The highest BCUT2D eigenvalue weighted by Gasteiger charge is 2.29. The van der Waals surface area contributed by atoms with E-state index < -0.39 is 0 Å². The molecule has 0 spiro atoms. The number of rotatable bonds is 5. The number of nitrogens with two attached hydrogens (primary N) is 1. The molecule has 3 saturated heterocycles. The molecule has 0 unspecified atom stereocenters. The minimum absolute atomic E-state index is 0.103. The molecule has 2 atom stereocenters. The number of likely N-dealkylation sites (tertiary alicyclic amines) is 3. The summed E-state index contributed by atoms with van der Waals surface area (Å²) in [5.41, 5.74) is 5.43. The highest BCUT2D eigenvalue weighted by molar-refractivity contribution is 5.76. The normalized spacial score (nSPS) is 32.4. The lowest BCUT2D eigenvalue weighted by Gasteiger charge is -2.33. The molecule has 2 N–H and O–H groups in total. The van der Waals surface area contributed by atoms with Gasteiger partial charge in [0.2, 0.25) is 5.91 Å². The van der Waals surface area contributed by atoms with E-state index in [-0.39, 0.29) is 11.8 Å². The van der Waals surface area contributed by atoms with Gasteiger partial charge in [-0.25, -0.2) is 0 Å². The predicted molar refractivity (Wildman–Crippen MR) is 93.1 cm³/mol. The number of amides is 1. The SMILES string of the molecule is CN1CCC[C@@H](CN2CC[C@@H](CN3CCC(C(N)=O)CC3)C2)C1. The van der Waals surface area contributed by atoms with Gasteiger partial charge in [0.25, 0.3) is 0 Å². The van der Waals surface area contributed by atoms with Gasteiger partial charge in [-0.2, -0.15) is 0 Å². The van der Waals surface area contributed by atoms with E-state index in [0.717, 1.165) is 37.8 Å². The number of piperidine rings is 2. The van der Waals surface area contributed by atoms with E-state index in [9.17, 15) is 4.79 Å². The van der Waals surface area contributed by atoms with Gasteiger partial charge in [-0.15, -0.1) is 0 Å². The summed E-state index contributed by atoms with van der Waals surface area (Å²) in [6.45, 7) is 9.73. The van der Waals surface area contributed by atoms with Gasteiger partial charge in [-0.1, -0.05) is 0 Å². The van der Waals surface area contributed by atoms with Crippen molar-refractivity contribution < 1.29 is 4.79 Å². The first kappa shape index (κ1) is 17.2. The van der Waals surface area contributed by atoms with Crippen LogP contribution in [0.25, 0.3) is 0 Å². The lowest BCUT2D eigenvalue weighted by atomic mass is 9.95. The third kappa shape index (κ3) is 4.91. The van der Waals surface area contributed by atoms with Crippen LogP contribution in [-0.4, -0.2) is 80.0 Å². The lowest BCUT2D eigenvalue weighted by molar-refractivity contribution is -0.123. The summed E-state index contributed by atoms with van der Waals surface area (Å²) >= 11 is 0. The molecule has 0 aromatic heterocycles. The lowest BCUT2D eigenvalue weighted by Crippen LogP contribution is -2.41. The van der Waals surface area contributed by atoms with Gasteiger partial charge < -0.3 is 20.4 Å². The third-order valence-electron chi connectivity index (χ3n) is 6.11. The maximum atomic E-state index is 11.3. The fourth-order valence-corrected chi connectivity index (χ4v) is 4.78. The van der Waals surface area contributed by atoms with Gasteiger partial charge >= 0.3 is 0 Å². The van der Waals surface area contributed by atoms with Crippen LogP contribution in [0, 0.1) is 17.8 Å². The Bertz CT molecular complexity index is 394. The second-order valence-electron chi connectivity index (χ2n) is 8.16. The van der Waals surface area contributed by atoms with Crippen molar-refractivity contribution in [2.45, 2.75) is 32.1 Å². The van der Waals surface area contributed by atoms with Crippen LogP contribution in [0.4, 0.5) is 0 Å². The van der Waals surface area contributed by atoms with Crippen LogP contribution in [0.5, 0.6) is 0 Å². The second kappa shape index (κ2) is 7.95. The van der Waals surface area contributed by atoms with Crippen LogP contribution in [0.1, 0.15) is 32.1 Å². The zero-order valence-electron chi connectivity index (χ0n) is 14.8. The predicted octanol–water partition coefficient (Wildman–Crippen LogP) is 0.847. The van der Waals surface area contributed by atoms with Crippen LogP contribution in [0.3, 0.4) is 0 Å². The Hall–Kier alpha value is -0.650. The number of carbonyl (C=O) groups is 1. The van der Waals surface area contributed by atoms with E-state index in [1.54, 1.807) is 0 Å². The van der Waals surface area contributed by atoms with E-state index in [0.29, 0.717) is 0 Å². The molecule has 23 heavy (non-hydrogen) atoms. The van der Waals surface area contributed by atoms with Gasteiger partial charge in [-0.3, -0.25) is 4.79 Å². The molecule has 3 heterocycles. The van der Waals surface area contributed by atoms with Crippen molar-refractivity contribution in [2.24, 2.45) is 23.5 Å². The van der Waals surface area contributed by atoms with Gasteiger partial charge in [0.15, 0.2) is 0 Å². The molecule has 0 saturated carbocycles. The van der Waals surface area contributed by atoms with E-state index >= 15 is 0 Å². The Labute approximate surface area is 141 Å². The van der Waals surface area contributed by atoms with Crippen molar-refractivity contribution in [1.82, 2.24) is 14.7 Å². The topological polar surface area (TPSA) is 52.8 Å². The molecular weight excluding hydrogens is 288 g/mol. The summed E-state index contributed by atoms with van der Waals surface area (Å²) < 4.78 is 0. The Balaban J connectivity index is 1.36. The molecule has 0 aliphatic carbocycles. The molecule has 5 nitrogen and oxygen atoms in total. The quantitative estimate of drug-likeness (QED) is 0.815.